The molecular weight excluding hydrogens is 304 g/mol. The topological polar surface area (TPSA) is 64.7 Å². The van der Waals surface area contributed by atoms with Gasteiger partial charge < -0.3 is 9.80 Å². The molecule has 0 atom stereocenters. The summed E-state index contributed by atoms with van der Waals surface area (Å²) in [4.78, 5) is 29.2. The Kier molecular flexibility index (Phi) is 4.56. The van der Waals surface area contributed by atoms with Crippen LogP contribution in [0.15, 0.2) is 0 Å². The summed E-state index contributed by atoms with van der Waals surface area (Å²) < 4.78 is 0. The van der Waals surface area contributed by atoms with E-state index in [1.54, 1.807) is 0 Å². The Bertz CT molecular complexity index is 489. The Morgan fingerprint density at radius 2 is 1.00 bits per heavy atom. The summed E-state index contributed by atoms with van der Waals surface area (Å²) in [6.07, 6.45) is 0. The third-order valence-corrected chi connectivity index (χ3v) is 4.76. The lowest BCUT2D eigenvalue weighted by atomic mass is 9.89. The maximum atomic E-state index is 12.7. The van der Waals surface area contributed by atoms with Crippen molar-refractivity contribution in [1.29, 1.82) is 0 Å². The monoisotopic (exact) mass is 338 g/mol. The molecule has 24 heavy (non-hydrogen) atoms. The zero-order valence-corrected chi connectivity index (χ0v) is 16.5. The van der Waals surface area contributed by atoms with Crippen molar-refractivity contribution in [3.63, 3.8) is 0 Å². The van der Waals surface area contributed by atoms with E-state index < -0.39 is 11.1 Å². The number of nitrogens with one attached hydrogen (secondary N) is 2. The fourth-order valence-electron chi connectivity index (χ4n) is 4.37. The number of piperazine rings is 2. The van der Waals surface area contributed by atoms with E-state index in [1.807, 2.05) is 37.5 Å². The van der Waals surface area contributed by atoms with E-state index in [2.05, 4.69) is 38.3 Å². The first-order valence-corrected chi connectivity index (χ1v) is 8.83. The lowest BCUT2D eigenvalue weighted by molar-refractivity contribution is -0.148. The lowest BCUT2D eigenvalue weighted by Crippen LogP contribution is -2.72. The normalized spacial score (nSPS) is 28.2. The van der Waals surface area contributed by atoms with Gasteiger partial charge in [0.1, 0.15) is 0 Å². The smallest absolute Gasteiger partial charge is 0.242 e. The van der Waals surface area contributed by atoms with Gasteiger partial charge in [0, 0.05) is 37.3 Å². The van der Waals surface area contributed by atoms with Crippen molar-refractivity contribution in [2.75, 3.05) is 26.2 Å². The van der Waals surface area contributed by atoms with Gasteiger partial charge in [0.25, 0.3) is 0 Å². The Balaban J connectivity index is 2.09. The van der Waals surface area contributed by atoms with Gasteiger partial charge in [0.2, 0.25) is 11.8 Å². The zero-order valence-electron chi connectivity index (χ0n) is 16.5. The van der Waals surface area contributed by atoms with Crippen LogP contribution in [-0.2, 0) is 9.59 Å². The molecule has 2 heterocycles. The molecule has 0 aromatic rings. The first kappa shape index (κ1) is 19.2. The minimum absolute atomic E-state index is 0.0999. The van der Waals surface area contributed by atoms with Gasteiger partial charge in [-0.25, -0.2) is 0 Å². The summed E-state index contributed by atoms with van der Waals surface area (Å²) in [5.74, 6) is 0.200. The fraction of sp³-hybridized carbons (Fsp3) is 0.889. The summed E-state index contributed by atoms with van der Waals surface area (Å²) in [5, 5.41) is 6.81. The second-order valence-electron chi connectivity index (χ2n) is 9.72. The van der Waals surface area contributed by atoms with Gasteiger partial charge in [-0.3, -0.25) is 20.2 Å². The van der Waals surface area contributed by atoms with Crippen molar-refractivity contribution in [2.24, 2.45) is 0 Å². The maximum Gasteiger partial charge on any atom is 0.242 e. The van der Waals surface area contributed by atoms with E-state index in [9.17, 15) is 9.59 Å². The zero-order chi connectivity index (χ0) is 18.6. The summed E-state index contributed by atoms with van der Waals surface area (Å²) in [7, 11) is 0. The van der Waals surface area contributed by atoms with Crippen molar-refractivity contribution in [3.05, 3.63) is 0 Å². The SMILES string of the molecule is CC1(C)CN(CCN2CC(C)(C)NC(C)(C)C2=O)C(=O)C(C)(C)N1. The van der Waals surface area contributed by atoms with E-state index >= 15 is 0 Å². The Hall–Kier alpha value is -1.14. The Morgan fingerprint density at radius 3 is 1.29 bits per heavy atom. The van der Waals surface area contributed by atoms with Crippen molar-refractivity contribution >= 4 is 11.8 Å². The van der Waals surface area contributed by atoms with Crippen molar-refractivity contribution in [1.82, 2.24) is 20.4 Å². The minimum atomic E-state index is -0.576. The van der Waals surface area contributed by atoms with Crippen LogP contribution in [0.1, 0.15) is 55.4 Å². The van der Waals surface area contributed by atoms with Crippen LogP contribution in [0.5, 0.6) is 0 Å². The molecule has 2 fully saturated rings. The molecule has 2 amide bonds. The first-order valence-electron chi connectivity index (χ1n) is 8.83. The van der Waals surface area contributed by atoms with E-state index in [4.69, 9.17) is 0 Å². The summed E-state index contributed by atoms with van der Waals surface area (Å²) >= 11 is 0. The van der Waals surface area contributed by atoms with Crippen molar-refractivity contribution in [3.8, 4) is 0 Å². The van der Waals surface area contributed by atoms with Crippen LogP contribution in [0.25, 0.3) is 0 Å². The third-order valence-electron chi connectivity index (χ3n) is 4.76. The summed E-state index contributed by atoms with van der Waals surface area (Å²) in [5.41, 5.74) is -1.42. The number of amides is 2. The average Bonchev–Trinajstić information content (AvgIpc) is 2.34. The predicted molar refractivity (Wildman–Crippen MR) is 95.7 cm³/mol. The molecule has 2 saturated heterocycles. The molecule has 2 rings (SSSR count). The van der Waals surface area contributed by atoms with Crippen LogP contribution in [0, 0.1) is 0 Å². The molecule has 0 saturated carbocycles. The molecule has 6 heteroatoms. The van der Waals surface area contributed by atoms with Gasteiger partial charge in [0.05, 0.1) is 11.1 Å². The maximum absolute atomic E-state index is 12.7. The third kappa shape index (κ3) is 3.91. The first-order chi connectivity index (χ1) is 10.7. The highest BCUT2D eigenvalue weighted by molar-refractivity contribution is 5.88. The van der Waals surface area contributed by atoms with Gasteiger partial charge in [-0.2, -0.15) is 0 Å². The van der Waals surface area contributed by atoms with E-state index in [1.165, 1.54) is 0 Å². The number of rotatable bonds is 3. The van der Waals surface area contributed by atoms with Crippen LogP contribution in [-0.4, -0.2) is 69.9 Å². The van der Waals surface area contributed by atoms with Crippen LogP contribution in [0.2, 0.25) is 0 Å². The molecule has 0 aliphatic carbocycles. The molecule has 2 aliphatic heterocycles. The molecule has 0 spiro atoms. The van der Waals surface area contributed by atoms with Crippen LogP contribution in [0.4, 0.5) is 0 Å². The van der Waals surface area contributed by atoms with E-state index in [-0.39, 0.29) is 22.9 Å². The molecular formula is C18H34N4O2. The number of hydrogen-bond acceptors (Lipinski definition) is 4. The summed E-state index contributed by atoms with van der Waals surface area (Å²) in [6, 6.07) is 0. The average molecular weight is 338 g/mol. The highest BCUT2D eigenvalue weighted by atomic mass is 16.2. The standard InChI is InChI=1S/C18H34N4O2/c1-15(2)11-21(13(23)17(5,6)19-15)9-10-22-12-16(3,4)20-18(7,8)14(22)24/h19-20H,9-12H2,1-8H3. The Labute approximate surface area is 146 Å². The predicted octanol–water partition coefficient (Wildman–Crippen LogP) is 0.964. The van der Waals surface area contributed by atoms with Gasteiger partial charge in [-0.15, -0.1) is 0 Å². The summed E-state index contributed by atoms with van der Waals surface area (Å²) in [6.45, 7) is 18.6. The minimum Gasteiger partial charge on any atom is -0.338 e. The molecule has 0 unspecified atom stereocenters. The number of nitrogens with zero attached hydrogens (tertiary/aromatic N) is 2. The molecule has 2 N–H and O–H groups in total. The largest absolute Gasteiger partial charge is 0.338 e. The molecule has 2 aliphatic rings. The number of carbonyl (C=O) groups excluding carboxylic acids is 2. The molecule has 6 nitrogen and oxygen atoms in total. The van der Waals surface area contributed by atoms with Gasteiger partial charge in [-0.05, 0) is 55.4 Å². The van der Waals surface area contributed by atoms with Crippen LogP contribution >= 0.6 is 0 Å². The van der Waals surface area contributed by atoms with Gasteiger partial charge in [-0.1, -0.05) is 0 Å². The van der Waals surface area contributed by atoms with Gasteiger partial charge >= 0.3 is 0 Å². The van der Waals surface area contributed by atoms with Crippen LogP contribution < -0.4 is 10.6 Å². The molecule has 0 radical (unpaired) electrons. The van der Waals surface area contributed by atoms with E-state index in [0.717, 1.165) is 0 Å². The second-order valence-corrected chi connectivity index (χ2v) is 9.72. The molecule has 138 valence electrons. The number of hydrogen-bond donors (Lipinski definition) is 2. The van der Waals surface area contributed by atoms with Crippen molar-refractivity contribution in [2.45, 2.75) is 77.5 Å². The van der Waals surface area contributed by atoms with Gasteiger partial charge in [0.15, 0.2) is 0 Å². The van der Waals surface area contributed by atoms with Crippen LogP contribution in [0.3, 0.4) is 0 Å². The second kappa shape index (κ2) is 5.70. The van der Waals surface area contributed by atoms with E-state index in [0.29, 0.717) is 26.2 Å². The molecule has 0 aromatic heterocycles. The quantitative estimate of drug-likeness (QED) is 0.805. The lowest BCUT2D eigenvalue weighted by Gasteiger charge is -2.50. The fourth-order valence-corrected chi connectivity index (χ4v) is 4.37. The molecule has 0 aromatic carbocycles. The Morgan fingerprint density at radius 1 is 0.708 bits per heavy atom. The van der Waals surface area contributed by atoms with Crippen molar-refractivity contribution < 1.29 is 9.59 Å². The highest BCUT2D eigenvalue weighted by Gasteiger charge is 2.45. The number of carbonyl (C=O) groups is 2. The highest BCUT2D eigenvalue weighted by Crippen LogP contribution is 2.24. The molecule has 0 bridgehead atoms.